The van der Waals surface area contributed by atoms with Gasteiger partial charge in [-0.25, -0.2) is 0 Å². The summed E-state index contributed by atoms with van der Waals surface area (Å²) in [5.41, 5.74) is 2.48. The van der Waals surface area contributed by atoms with Crippen molar-refractivity contribution in [2.45, 2.75) is 32.8 Å². The number of hydrogen-bond acceptors (Lipinski definition) is 2. The van der Waals surface area contributed by atoms with Gasteiger partial charge in [-0.15, -0.1) is 0 Å². The summed E-state index contributed by atoms with van der Waals surface area (Å²) in [6.45, 7) is 6.28. The van der Waals surface area contributed by atoms with E-state index in [2.05, 4.69) is 44.0 Å². The monoisotopic (exact) mass is 218 g/mol. The molecular weight excluding hydrogens is 198 g/mol. The van der Waals surface area contributed by atoms with Crippen molar-refractivity contribution in [2.75, 3.05) is 13.1 Å². The van der Waals surface area contributed by atoms with E-state index in [4.69, 9.17) is 4.74 Å². The third-order valence-electron chi connectivity index (χ3n) is 3.17. The molecule has 2 rings (SSSR count). The van der Waals surface area contributed by atoms with Gasteiger partial charge in [0, 0.05) is 20.1 Å². The van der Waals surface area contributed by atoms with Crippen molar-refractivity contribution in [3.63, 3.8) is 0 Å². The molecule has 16 heavy (non-hydrogen) atoms. The van der Waals surface area contributed by atoms with E-state index >= 15 is 0 Å². The Kier molecular flexibility index (Phi) is 3.49. The van der Waals surface area contributed by atoms with Gasteiger partial charge in [0.25, 0.3) is 0 Å². The highest BCUT2D eigenvalue weighted by Gasteiger charge is 2.18. The lowest BCUT2D eigenvalue weighted by atomic mass is 10.1. The molecule has 1 aromatic rings. The molecule has 0 atom stereocenters. The Bertz CT molecular complexity index is 354. The molecular formula is C14H20NO. The van der Waals surface area contributed by atoms with Gasteiger partial charge in [-0.1, -0.05) is 12.1 Å². The van der Waals surface area contributed by atoms with Crippen LogP contribution in [0.4, 0.5) is 0 Å². The van der Waals surface area contributed by atoms with Crippen LogP contribution in [0.25, 0.3) is 0 Å². The van der Waals surface area contributed by atoms with E-state index < -0.39 is 0 Å². The Morgan fingerprint density at radius 3 is 2.62 bits per heavy atom. The summed E-state index contributed by atoms with van der Waals surface area (Å²) >= 11 is 0. The average molecular weight is 218 g/mol. The molecule has 0 saturated carbocycles. The first-order valence-corrected chi connectivity index (χ1v) is 5.94. The SMILES string of the molecule is [CH2]N1CCC(Oc2cc(C)ccc2C)CC1. The van der Waals surface area contributed by atoms with E-state index in [-0.39, 0.29) is 0 Å². The molecule has 2 heteroatoms. The van der Waals surface area contributed by atoms with Crippen LogP contribution in [0.2, 0.25) is 0 Å². The summed E-state index contributed by atoms with van der Waals surface area (Å²) in [6, 6.07) is 6.38. The molecule has 1 aliphatic rings. The number of rotatable bonds is 2. The molecule has 1 fully saturated rings. The maximum absolute atomic E-state index is 6.06. The molecule has 1 heterocycles. The van der Waals surface area contributed by atoms with Crippen LogP contribution < -0.4 is 4.74 Å². The highest BCUT2D eigenvalue weighted by Crippen LogP contribution is 2.23. The van der Waals surface area contributed by atoms with Gasteiger partial charge in [-0.05, 0) is 43.9 Å². The molecule has 0 aromatic heterocycles. The number of benzene rings is 1. The van der Waals surface area contributed by atoms with Crippen LogP contribution >= 0.6 is 0 Å². The van der Waals surface area contributed by atoms with Crippen molar-refractivity contribution < 1.29 is 4.74 Å². The van der Waals surface area contributed by atoms with Crippen LogP contribution in [-0.2, 0) is 0 Å². The van der Waals surface area contributed by atoms with E-state index in [0.717, 1.165) is 31.7 Å². The first kappa shape index (κ1) is 11.5. The number of piperidine rings is 1. The van der Waals surface area contributed by atoms with Crippen LogP contribution in [0.3, 0.4) is 0 Å². The van der Waals surface area contributed by atoms with Gasteiger partial charge < -0.3 is 9.64 Å². The zero-order valence-corrected chi connectivity index (χ0v) is 10.2. The van der Waals surface area contributed by atoms with Crippen molar-refractivity contribution in [1.29, 1.82) is 0 Å². The summed E-state index contributed by atoms with van der Waals surface area (Å²) in [4.78, 5) is 2.11. The molecule has 2 nitrogen and oxygen atoms in total. The van der Waals surface area contributed by atoms with Gasteiger partial charge >= 0.3 is 0 Å². The lowest BCUT2D eigenvalue weighted by Gasteiger charge is -2.29. The molecule has 1 radical (unpaired) electrons. The maximum atomic E-state index is 6.06. The molecule has 87 valence electrons. The minimum absolute atomic E-state index is 0.360. The van der Waals surface area contributed by atoms with E-state index in [1.807, 2.05) is 0 Å². The van der Waals surface area contributed by atoms with E-state index in [0.29, 0.717) is 6.10 Å². The molecule has 1 aliphatic heterocycles. The van der Waals surface area contributed by atoms with Gasteiger partial charge in [0.1, 0.15) is 11.9 Å². The predicted octanol–water partition coefficient (Wildman–Crippen LogP) is 2.94. The van der Waals surface area contributed by atoms with Gasteiger partial charge in [0.2, 0.25) is 0 Å². The number of likely N-dealkylation sites (tertiary alicyclic amines) is 1. The summed E-state index contributed by atoms with van der Waals surface area (Å²) in [5, 5.41) is 0. The Morgan fingerprint density at radius 1 is 1.25 bits per heavy atom. The van der Waals surface area contributed by atoms with Gasteiger partial charge in [0.15, 0.2) is 0 Å². The Morgan fingerprint density at radius 2 is 1.94 bits per heavy atom. The van der Waals surface area contributed by atoms with Crippen LogP contribution in [0.15, 0.2) is 18.2 Å². The minimum atomic E-state index is 0.360. The van der Waals surface area contributed by atoms with Crippen LogP contribution in [-0.4, -0.2) is 24.1 Å². The first-order valence-electron chi connectivity index (χ1n) is 5.94. The molecule has 0 unspecified atom stereocenters. The van der Waals surface area contributed by atoms with E-state index in [1.165, 1.54) is 11.1 Å². The van der Waals surface area contributed by atoms with E-state index in [9.17, 15) is 0 Å². The van der Waals surface area contributed by atoms with Crippen molar-refractivity contribution >= 4 is 0 Å². The standard InChI is InChI=1S/C14H20NO/c1-11-4-5-12(2)14(10-11)16-13-6-8-15(3)9-7-13/h4-5,10,13H,3,6-9H2,1-2H3. The molecule has 1 aromatic carbocycles. The minimum Gasteiger partial charge on any atom is -0.490 e. The summed E-state index contributed by atoms with van der Waals surface area (Å²) < 4.78 is 6.06. The smallest absolute Gasteiger partial charge is 0.122 e. The number of hydrogen-bond donors (Lipinski definition) is 0. The number of ether oxygens (including phenoxy) is 1. The largest absolute Gasteiger partial charge is 0.490 e. The van der Waals surface area contributed by atoms with Gasteiger partial charge in [-0.2, -0.15) is 0 Å². The van der Waals surface area contributed by atoms with Crippen molar-refractivity contribution in [3.05, 3.63) is 36.4 Å². The zero-order chi connectivity index (χ0) is 11.5. The van der Waals surface area contributed by atoms with Crippen LogP contribution in [0.5, 0.6) is 5.75 Å². The fraction of sp³-hybridized carbons (Fsp3) is 0.500. The number of nitrogens with zero attached hydrogens (tertiary/aromatic N) is 1. The second-order valence-corrected chi connectivity index (χ2v) is 4.70. The quantitative estimate of drug-likeness (QED) is 0.756. The lowest BCUT2D eigenvalue weighted by molar-refractivity contribution is 0.121. The molecule has 0 bridgehead atoms. The lowest BCUT2D eigenvalue weighted by Crippen LogP contribution is -2.34. The Hall–Kier alpha value is -1.02. The van der Waals surface area contributed by atoms with Gasteiger partial charge in [-0.3, -0.25) is 0 Å². The Labute approximate surface area is 98.2 Å². The van der Waals surface area contributed by atoms with Crippen molar-refractivity contribution in [2.24, 2.45) is 0 Å². The summed E-state index contributed by atoms with van der Waals surface area (Å²) in [5.74, 6) is 1.04. The topological polar surface area (TPSA) is 12.5 Å². The fourth-order valence-electron chi connectivity index (χ4n) is 2.04. The summed E-state index contributed by atoms with van der Waals surface area (Å²) in [7, 11) is 3.95. The summed E-state index contributed by atoms with van der Waals surface area (Å²) in [6.07, 6.45) is 2.52. The molecule has 0 aliphatic carbocycles. The van der Waals surface area contributed by atoms with Crippen molar-refractivity contribution in [3.8, 4) is 5.75 Å². The third kappa shape index (κ3) is 2.76. The highest BCUT2D eigenvalue weighted by molar-refractivity contribution is 5.36. The fourth-order valence-corrected chi connectivity index (χ4v) is 2.04. The third-order valence-corrected chi connectivity index (χ3v) is 3.17. The van der Waals surface area contributed by atoms with Gasteiger partial charge in [0.05, 0.1) is 0 Å². The first-order chi connectivity index (χ1) is 7.65. The second kappa shape index (κ2) is 4.88. The average Bonchev–Trinajstić information content (AvgIpc) is 2.27. The van der Waals surface area contributed by atoms with E-state index in [1.54, 1.807) is 0 Å². The molecule has 0 amide bonds. The van der Waals surface area contributed by atoms with Crippen molar-refractivity contribution in [1.82, 2.24) is 4.90 Å². The Balaban J connectivity index is 2.00. The molecule has 1 saturated heterocycles. The molecule has 0 spiro atoms. The van der Waals surface area contributed by atoms with Crippen LogP contribution in [0.1, 0.15) is 24.0 Å². The molecule has 0 N–H and O–H groups in total. The predicted molar refractivity (Wildman–Crippen MR) is 66.5 cm³/mol. The highest BCUT2D eigenvalue weighted by atomic mass is 16.5. The van der Waals surface area contributed by atoms with Crippen LogP contribution in [0, 0.1) is 20.9 Å². The second-order valence-electron chi connectivity index (χ2n) is 4.70. The zero-order valence-electron chi connectivity index (χ0n) is 10.2. The maximum Gasteiger partial charge on any atom is 0.122 e. The number of aryl methyl sites for hydroxylation is 2. The normalized spacial score (nSPS) is 18.7.